The summed E-state index contributed by atoms with van der Waals surface area (Å²) >= 11 is 3.31. The molecule has 1 aromatic carbocycles. The van der Waals surface area contributed by atoms with Gasteiger partial charge in [0.1, 0.15) is 17.3 Å². The molecule has 2 aromatic rings. The van der Waals surface area contributed by atoms with Crippen LogP contribution in [0.2, 0.25) is 0 Å². The summed E-state index contributed by atoms with van der Waals surface area (Å²) in [5.41, 5.74) is 7.31. The molecule has 0 saturated carbocycles. The fraction of sp³-hybridized carbons (Fsp3) is 0.308. The Labute approximate surface area is 119 Å². The Balaban J connectivity index is 2.35. The number of ether oxygens (including phenoxy) is 1. The molecule has 0 aliphatic rings. The van der Waals surface area contributed by atoms with Crippen LogP contribution in [0.3, 0.4) is 0 Å². The fourth-order valence-corrected chi connectivity index (χ4v) is 2.11. The van der Waals surface area contributed by atoms with Gasteiger partial charge in [0.25, 0.3) is 0 Å². The summed E-state index contributed by atoms with van der Waals surface area (Å²) in [5, 5.41) is 4.31. The standard InChI is InChI=1S/C13H15BrFN3O/c1-3-4-10-12(16)13(18(2)17-10)19-11-7-8(15)5-6-9(11)14/h5-7H,3-4,16H2,1-2H3. The number of rotatable bonds is 4. The Morgan fingerprint density at radius 3 is 2.89 bits per heavy atom. The summed E-state index contributed by atoms with van der Waals surface area (Å²) in [6, 6.07) is 4.24. The number of halogens is 2. The van der Waals surface area contributed by atoms with E-state index in [1.54, 1.807) is 17.8 Å². The normalized spacial score (nSPS) is 10.7. The van der Waals surface area contributed by atoms with E-state index in [-0.39, 0.29) is 5.82 Å². The number of hydrogen-bond donors (Lipinski definition) is 1. The third-order valence-corrected chi connectivity index (χ3v) is 3.35. The van der Waals surface area contributed by atoms with Crippen LogP contribution in [0.15, 0.2) is 22.7 Å². The lowest BCUT2D eigenvalue weighted by atomic mass is 10.2. The molecule has 4 nitrogen and oxygen atoms in total. The molecule has 6 heteroatoms. The predicted octanol–water partition coefficient (Wildman–Crippen LogP) is 3.65. The van der Waals surface area contributed by atoms with Gasteiger partial charge in [-0.25, -0.2) is 9.07 Å². The third kappa shape index (κ3) is 2.89. The highest BCUT2D eigenvalue weighted by molar-refractivity contribution is 9.10. The second-order valence-corrected chi connectivity index (χ2v) is 5.07. The van der Waals surface area contributed by atoms with Crippen molar-refractivity contribution in [3.8, 4) is 11.6 Å². The minimum absolute atomic E-state index is 0.368. The van der Waals surface area contributed by atoms with Crippen LogP contribution in [0.5, 0.6) is 11.6 Å². The monoisotopic (exact) mass is 327 g/mol. The molecule has 0 aliphatic carbocycles. The number of benzene rings is 1. The van der Waals surface area contributed by atoms with Crippen molar-refractivity contribution in [2.45, 2.75) is 19.8 Å². The molecule has 0 unspecified atom stereocenters. The maximum atomic E-state index is 13.2. The first-order chi connectivity index (χ1) is 9.02. The Hall–Kier alpha value is -1.56. The lowest BCUT2D eigenvalue weighted by molar-refractivity contribution is 0.426. The van der Waals surface area contributed by atoms with Crippen LogP contribution in [0.4, 0.5) is 10.1 Å². The molecule has 0 bridgehead atoms. The van der Waals surface area contributed by atoms with Crippen LogP contribution in [0.1, 0.15) is 19.0 Å². The van der Waals surface area contributed by atoms with Crippen LogP contribution in [0, 0.1) is 5.82 Å². The van der Waals surface area contributed by atoms with E-state index in [4.69, 9.17) is 10.5 Å². The van der Waals surface area contributed by atoms with E-state index in [0.717, 1.165) is 18.5 Å². The molecule has 19 heavy (non-hydrogen) atoms. The highest BCUT2D eigenvalue weighted by atomic mass is 79.9. The first kappa shape index (κ1) is 13.9. The smallest absolute Gasteiger partial charge is 0.241 e. The zero-order valence-corrected chi connectivity index (χ0v) is 12.4. The number of nitrogen functional groups attached to an aromatic ring is 1. The summed E-state index contributed by atoms with van der Waals surface area (Å²) in [6.07, 6.45) is 1.73. The molecule has 0 saturated heterocycles. The van der Waals surface area contributed by atoms with Gasteiger partial charge < -0.3 is 10.5 Å². The van der Waals surface area contributed by atoms with Crippen LogP contribution in [-0.4, -0.2) is 9.78 Å². The average Bonchev–Trinajstić information content (AvgIpc) is 2.62. The van der Waals surface area contributed by atoms with E-state index in [2.05, 4.69) is 28.0 Å². The minimum atomic E-state index is -0.368. The largest absolute Gasteiger partial charge is 0.436 e. The molecule has 1 aromatic heterocycles. The van der Waals surface area contributed by atoms with E-state index >= 15 is 0 Å². The molecule has 0 amide bonds. The number of nitrogens with zero attached hydrogens (tertiary/aromatic N) is 2. The predicted molar refractivity (Wildman–Crippen MR) is 75.8 cm³/mol. The second-order valence-electron chi connectivity index (χ2n) is 4.22. The lowest BCUT2D eigenvalue weighted by Gasteiger charge is -2.08. The fourth-order valence-electron chi connectivity index (χ4n) is 1.78. The van der Waals surface area contributed by atoms with Crippen LogP contribution < -0.4 is 10.5 Å². The SMILES string of the molecule is CCCc1nn(C)c(Oc2cc(F)ccc2Br)c1N. The van der Waals surface area contributed by atoms with Gasteiger partial charge >= 0.3 is 0 Å². The summed E-state index contributed by atoms with van der Waals surface area (Å²) in [6.45, 7) is 2.05. The van der Waals surface area contributed by atoms with Crippen molar-refractivity contribution in [3.63, 3.8) is 0 Å². The zero-order chi connectivity index (χ0) is 14.0. The van der Waals surface area contributed by atoms with Crippen molar-refractivity contribution >= 4 is 21.6 Å². The van der Waals surface area contributed by atoms with Gasteiger partial charge in [-0.2, -0.15) is 5.10 Å². The highest BCUT2D eigenvalue weighted by Gasteiger charge is 2.16. The molecule has 102 valence electrons. The van der Waals surface area contributed by atoms with E-state index in [1.165, 1.54) is 12.1 Å². The van der Waals surface area contributed by atoms with E-state index in [1.807, 2.05) is 0 Å². The first-order valence-electron chi connectivity index (χ1n) is 5.97. The molecule has 0 aliphatic heterocycles. The maximum Gasteiger partial charge on any atom is 0.241 e. The van der Waals surface area contributed by atoms with Crippen LogP contribution in [0.25, 0.3) is 0 Å². The highest BCUT2D eigenvalue weighted by Crippen LogP contribution is 2.34. The maximum absolute atomic E-state index is 13.2. The van der Waals surface area contributed by atoms with Crippen molar-refractivity contribution in [2.24, 2.45) is 7.05 Å². The first-order valence-corrected chi connectivity index (χ1v) is 6.76. The second kappa shape index (κ2) is 5.61. The molecule has 2 N–H and O–H groups in total. The number of nitrogens with two attached hydrogens (primary N) is 1. The van der Waals surface area contributed by atoms with Gasteiger partial charge in [0, 0.05) is 13.1 Å². The van der Waals surface area contributed by atoms with Crippen molar-refractivity contribution < 1.29 is 9.13 Å². The lowest BCUT2D eigenvalue weighted by Crippen LogP contribution is -1.97. The molecule has 2 rings (SSSR count). The quantitative estimate of drug-likeness (QED) is 0.932. The van der Waals surface area contributed by atoms with Crippen molar-refractivity contribution in [1.29, 1.82) is 0 Å². The van der Waals surface area contributed by atoms with Gasteiger partial charge in [-0.05, 0) is 34.5 Å². The van der Waals surface area contributed by atoms with Crippen molar-refractivity contribution in [3.05, 3.63) is 34.2 Å². The van der Waals surface area contributed by atoms with Gasteiger partial charge in [0.2, 0.25) is 5.88 Å². The van der Waals surface area contributed by atoms with E-state index in [9.17, 15) is 4.39 Å². The number of hydrogen-bond acceptors (Lipinski definition) is 3. The summed E-state index contributed by atoms with van der Waals surface area (Å²) in [7, 11) is 1.75. The van der Waals surface area contributed by atoms with E-state index < -0.39 is 0 Å². The molecular weight excluding hydrogens is 313 g/mol. The van der Waals surface area contributed by atoms with Crippen molar-refractivity contribution in [1.82, 2.24) is 9.78 Å². The Morgan fingerprint density at radius 2 is 2.21 bits per heavy atom. The Morgan fingerprint density at radius 1 is 1.47 bits per heavy atom. The third-order valence-electron chi connectivity index (χ3n) is 2.69. The Bertz CT molecular complexity index is 598. The van der Waals surface area contributed by atoms with Crippen LogP contribution >= 0.6 is 15.9 Å². The van der Waals surface area contributed by atoms with Gasteiger partial charge in [-0.3, -0.25) is 0 Å². The molecule has 0 spiro atoms. The zero-order valence-electron chi connectivity index (χ0n) is 10.8. The topological polar surface area (TPSA) is 53.1 Å². The molecule has 0 radical (unpaired) electrons. The molecule has 1 heterocycles. The van der Waals surface area contributed by atoms with Gasteiger partial charge in [-0.1, -0.05) is 13.3 Å². The van der Waals surface area contributed by atoms with Gasteiger partial charge in [0.05, 0.1) is 10.2 Å². The minimum Gasteiger partial charge on any atom is -0.436 e. The summed E-state index contributed by atoms with van der Waals surface area (Å²) in [4.78, 5) is 0. The molecule has 0 fully saturated rings. The summed E-state index contributed by atoms with van der Waals surface area (Å²) < 4.78 is 21.1. The van der Waals surface area contributed by atoms with E-state index in [0.29, 0.717) is 21.8 Å². The Kier molecular flexibility index (Phi) is 4.09. The van der Waals surface area contributed by atoms with Crippen molar-refractivity contribution in [2.75, 3.05) is 5.73 Å². The average molecular weight is 328 g/mol. The van der Waals surface area contributed by atoms with Gasteiger partial charge in [-0.15, -0.1) is 0 Å². The molecule has 0 atom stereocenters. The molecular formula is C13H15BrFN3O. The van der Waals surface area contributed by atoms with Crippen LogP contribution in [-0.2, 0) is 13.5 Å². The summed E-state index contributed by atoms with van der Waals surface area (Å²) in [5.74, 6) is 0.431. The number of aryl methyl sites for hydroxylation is 2. The number of anilines is 1. The number of aromatic nitrogens is 2. The van der Waals surface area contributed by atoms with Gasteiger partial charge in [0.15, 0.2) is 0 Å².